The van der Waals surface area contributed by atoms with Crippen LogP contribution in [0.3, 0.4) is 0 Å². The van der Waals surface area contributed by atoms with Gasteiger partial charge in [-0.25, -0.2) is 4.79 Å². The van der Waals surface area contributed by atoms with Gasteiger partial charge in [0.15, 0.2) is 0 Å². The molecule has 0 atom stereocenters. The van der Waals surface area contributed by atoms with E-state index in [-0.39, 0.29) is 17.3 Å². The smallest absolute Gasteiger partial charge is 0.420 e. The normalized spacial score (nSPS) is 16.0. The molecular weight excluding hydrogens is 510 g/mol. The molecule has 0 radical (unpaired) electrons. The summed E-state index contributed by atoms with van der Waals surface area (Å²) in [4.78, 5) is 31.0. The number of halogens is 6. The predicted octanol–water partition coefficient (Wildman–Crippen LogP) is 5.74. The van der Waals surface area contributed by atoms with Gasteiger partial charge in [-0.3, -0.25) is 9.69 Å². The Bertz CT molecular complexity index is 1370. The summed E-state index contributed by atoms with van der Waals surface area (Å²) in [5, 5.41) is 3.61. The van der Waals surface area contributed by atoms with Crippen LogP contribution in [-0.4, -0.2) is 44.5 Å². The third-order valence-electron chi connectivity index (χ3n) is 5.84. The third-order valence-corrected chi connectivity index (χ3v) is 5.84. The van der Waals surface area contributed by atoms with E-state index in [0.29, 0.717) is 12.1 Å². The molecule has 0 aliphatic carbocycles. The van der Waals surface area contributed by atoms with Crippen LogP contribution in [0.2, 0.25) is 0 Å². The largest absolute Gasteiger partial charge is 0.456 e. The van der Waals surface area contributed by atoms with Crippen LogP contribution in [0.15, 0.2) is 47.0 Å². The molecule has 14 heteroatoms. The summed E-state index contributed by atoms with van der Waals surface area (Å²) in [6.45, 7) is 2.68. The topological polar surface area (TPSA) is 88.8 Å². The molecule has 0 N–H and O–H groups in total. The number of urea groups is 1. The summed E-state index contributed by atoms with van der Waals surface area (Å²) in [7, 11) is 1.44. The van der Waals surface area contributed by atoms with E-state index in [2.05, 4.69) is 10.1 Å². The molecular formula is C23H18F6N4O4. The van der Waals surface area contributed by atoms with Crippen molar-refractivity contribution in [3.63, 3.8) is 0 Å². The Hall–Kier alpha value is -4.10. The van der Waals surface area contributed by atoms with E-state index in [4.69, 9.17) is 9.26 Å². The van der Waals surface area contributed by atoms with E-state index in [1.807, 2.05) is 0 Å². The quantitative estimate of drug-likeness (QED) is 0.310. The number of alkyl halides is 6. The van der Waals surface area contributed by atoms with E-state index >= 15 is 0 Å². The minimum atomic E-state index is -5.00. The van der Waals surface area contributed by atoms with Gasteiger partial charge in [0.2, 0.25) is 11.7 Å². The maximum Gasteiger partial charge on any atom is 0.420 e. The molecule has 1 aliphatic heterocycles. The molecule has 0 spiro atoms. The van der Waals surface area contributed by atoms with E-state index in [9.17, 15) is 35.9 Å². The Morgan fingerprint density at radius 1 is 0.946 bits per heavy atom. The van der Waals surface area contributed by atoms with Gasteiger partial charge in [0.25, 0.3) is 5.91 Å². The number of nitrogens with zero attached hydrogens (tertiary/aromatic N) is 4. The lowest BCUT2D eigenvalue weighted by molar-refractivity contribution is -0.139. The van der Waals surface area contributed by atoms with Crippen molar-refractivity contribution in [3.05, 3.63) is 59.5 Å². The number of imide groups is 1. The molecule has 1 aliphatic rings. The lowest BCUT2D eigenvalue weighted by atomic mass is 10.1. The third kappa shape index (κ3) is 4.82. The molecule has 2 heterocycles. The Labute approximate surface area is 205 Å². The molecule has 1 saturated heterocycles. The van der Waals surface area contributed by atoms with Crippen LogP contribution in [0.25, 0.3) is 11.4 Å². The van der Waals surface area contributed by atoms with Crippen molar-refractivity contribution in [3.8, 4) is 22.9 Å². The van der Waals surface area contributed by atoms with E-state index in [1.165, 1.54) is 18.0 Å². The van der Waals surface area contributed by atoms with Gasteiger partial charge in [-0.15, -0.1) is 0 Å². The van der Waals surface area contributed by atoms with Crippen molar-refractivity contribution in [2.45, 2.75) is 38.3 Å². The Kier molecular flexibility index (Phi) is 6.16. The minimum absolute atomic E-state index is 0.185. The van der Waals surface area contributed by atoms with Gasteiger partial charge in [-0.1, -0.05) is 17.3 Å². The van der Waals surface area contributed by atoms with Crippen LogP contribution in [0.5, 0.6) is 11.5 Å². The summed E-state index contributed by atoms with van der Waals surface area (Å²) in [6, 6.07) is 5.80. The molecule has 196 valence electrons. The zero-order valence-corrected chi connectivity index (χ0v) is 19.4. The van der Waals surface area contributed by atoms with Gasteiger partial charge in [0.05, 0.1) is 11.1 Å². The molecule has 8 nitrogen and oxygen atoms in total. The van der Waals surface area contributed by atoms with Crippen LogP contribution < -0.4 is 4.74 Å². The lowest BCUT2D eigenvalue weighted by Crippen LogP contribution is -2.41. The summed E-state index contributed by atoms with van der Waals surface area (Å²) in [5.74, 6) is -2.71. The van der Waals surface area contributed by atoms with E-state index in [0.717, 1.165) is 29.2 Å². The Morgan fingerprint density at radius 3 is 2.16 bits per heavy atom. The lowest BCUT2D eigenvalue weighted by Gasteiger charge is -2.22. The molecule has 0 saturated carbocycles. The SMILES string of the molecule is CN1C(=O)N(Cc2nc(-c3ccc(Oc4ccccc4C(F)(F)F)c(C(F)(F)F)c3)no2)C(=O)C1(C)C. The highest BCUT2D eigenvalue weighted by Gasteiger charge is 2.49. The highest BCUT2D eigenvalue weighted by Crippen LogP contribution is 2.43. The fraction of sp³-hybridized carbons (Fsp3) is 0.304. The number of carbonyl (C=O) groups is 2. The number of para-hydroxylation sites is 1. The first-order chi connectivity index (χ1) is 17.1. The molecule has 4 rings (SSSR count). The van der Waals surface area contributed by atoms with Crippen molar-refractivity contribution < 1.29 is 45.2 Å². The number of benzene rings is 2. The highest BCUT2D eigenvalue weighted by atomic mass is 19.4. The number of hydrogen-bond acceptors (Lipinski definition) is 6. The van der Waals surface area contributed by atoms with Gasteiger partial charge in [-0.05, 0) is 44.2 Å². The van der Waals surface area contributed by atoms with Crippen LogP contribution >= 0.6 is 0 Å². The Balaban J connectivity index is 1.64. The second kappa shape index (κ2) is 8.78. The second-order valence-electron chi connectivity index (χ2n) is 8.61. The molecule has 0 unspecified atom stereocenters. The van der Waals surface area contributed by atoms with Crippen LogP contribution in [0, 0.1) is 0 Å². The zero-order valence-electron chi connectivity index (χ0n) is 19.4. The van der Waals surface area contributed by atoms with Gasteiger partial charge in [-0.2, -0.15) is 31.3 Å². The van der Waals surface area contributed by atoms with Crippen LogP contribution in [0.1, 0.15) is 30.9 Å². The molecule has 3 amide bonds. The van der Waals surface area contributed by atoms with Crippen molar-refractivity contribution in [2.75, 3.05) is 7.05 Å². The summed E-state index contributed by atoms with van der Waals surface area (Å²) in [6.07, 6.45) is -9.85. The number of ether oxygens (including phenoxy) is 1. The molecule has 3 aromatic rings. The number of likely N-dealkylation sites (N-methyl/N-ethyl adjacent to an activating group) is 1. The maximum absolute atomic E-state index is 13.8. The van der Waals surface area contributed by atoms with Gasteiger partial charge >= 0.3 is 18.4 Å². The molecule has 1 aromatic heterocycles. The average Bonchev–Trinajstić information content (AvgIpc) is 3.33. The number of aromatic nitrogens is 2. The van der Waals surface area contributed by atoms with Crippen LogP contribution in [0.4, 0.5) is 31.1 Å². The standard InChI is InChI=1S/C23H18F6N4O4/c1-21(2)19(34)33(20(35)32(21)3)11-17-30-18(31-37-17)12-8-9-16(14(10-12)23(27,28)29)36-15-7-5-4-6-13(15)22(24,25)26/h4-10H,11H2,1-3H3. The molecule has 0 bridgehead atoms. The maximum atomic E-state index is 13.8. The first-order valence-corrected chi connectivity index (χ1v) is 10.6. The fourth-order valence-corrected chi connectivity index (χ4v) is 3.58. The fourth-order valence-electron chi connectivity index (χ4n) is 3.58. The number of amides is 3. The molecule has 1 fully saturated rings. The molecule has 37 heavy (non-hydrogen) atoms. The first kappa shape index (κ1) is 26.0. The highest BCUT2D eigenvalue weighted by molar-refractivity contribution is 6.06. The Morgan fingerprint density at radius 2 is 1.57 bits per heavy atom. The van der Waals surface area contributed by atoms with Crippen molar-refractivity contribution in [1.82, 2.24) is 19.9 Å². The number of rotatable bonds is 5. The van der Waals surface area contributed by atoms with E-state index < -0.39 is 59.0 Å². The average molecular weight is 528 g/mol. The van der Waals surface area contributed by atoms with Crippen molar-refractivity contribution in [1.29, 1.82) is 0 Å². The predicted molar refractivity (Wildman–Crippen MR) is 114 cm³/mol. The van der Waals surface area contributed by atoms with Gasteiger partial charge in [0, 0.05) is 12.6 Å². The molecule has 2 aromatic carbocycles. The first-order valence-electron chi connectivity index (χ1n) is 10.6. The van der Waals surface area contributed by atoms with Gasteiger partial charge in [0.1, 0.15) is 23.6 Å². The van der Waals surface area contributed by atoms with Gasteiger partial charge < -0.3 is 14.2 Å². The van der Waals surface area contributed by atoms with E-state index in [1.54, 1.807) is 13.8 Å². The minimum Gasteiger partial charge on any atom is -0.456 e. The summed E-state index contributed by atoms with van der Waals surface area (Å²) >= 11 is 0. The number of carbonyl (C=O) groups excluding carboxylic acids is 2. The monoisotopic (exact) mass is 528 g/mol. The van der Waals surface area contributed by atoms with Crippen molar-refractivity contribution >= 4 is 11.9 Å². The second-order valence-corrected chi connectivity index (χ2v) is 8.61. The number of hydrogen-bond donors (Lipinski definition) is 0. The zero-order chi connectivity index (χ0) is 27.3. The van der Waals surface area contributed by atoms with Crippen molar-refractivity contribution in [2.24, 2.45) is 0 Å². The van der Waals surface area contributed by atoms with Crippen LogP contribution in [-0.2, 0) is 23.7 Å². The summed E-state index contributed by atoms with van der Waals surface area (Å²) < 4.78 is 91.2. The summed E-state index contributed by atoms with van der Waals surface area (Å²) in [5.41, 5.74) is -3.91.